The molecule has 22 heavy (non-hydrogen) atoms. The summed E-state index contributed by atoms with van der Waals surface area (Å²) in [6.07, 6.45) is 7.71. The van der Waals surface area contributed by atoms with Crippen molar-refractivity contribution in [1.82, 2.24) is 10.2 Å². The largest absolute Gasteiger partial charge is 0.396 e. The van der Waals surface area contributed by atoms with Crippen molar-refractivity contribution in [2.45, 2.75) is 65.2 Å². The zero-order valence-corrected chi connectivity index (χ0v) is 14.6. The van der Waals surface area contributed by atoms with Crippen molar-refractivity contribution in [3.05, 3.63) is 0 Å². The third-order valence-electron chi connectivity index (χ3n) is 3.67. The Bertz CT molecular complexity index is 306. The van der Waals surface area contributed by atoms with Gasteiger partial charge in [-0.05, 0) is 19.3 Å². The molecule has 0 fully saturated rings. The van der Waals surface area contributed by atoms with Crippen LogP contribution < -0.4 is 5.32 Å². The molecule has 0 aliphatic rings. The molecule has 0 saturated carbocycles. The van der Waals surface area contributed by atoms with Crippen LogP contribution in [0, 0.1) is 5.92 Å². The fourth-order valence-corrected chi connectivity index (χ4v) is 2.29. The topological polar surface area (TPSA) is 69.6 Å². The zero-order valence-electron chi connectivity index (χ0n) is 14.6. The second-order valence-electron chi connectivity index (χ2n) is 6.21. The van der Waals surface area contributed by atoms with Crippen molar-refractivity contribution in [3.8, 4) is 0 Å². The van der Waals surface area contributed by atoms with Crippen LogP contribution in [0.2, 0.25) is 0 Å². The number of nitrogens with one attached hydrogen (secondary N) is 1. The summed E-state index contributed by atoms with van der Waals surface area (Å²) in [5.74, 6) is 0.378. The fraction of sp³-hybridized carbons (Fsp3) is 0.882. The molecule has 0 spiro atoms. The van der Waals surface area contributed by atoms with Gasteiger partial charge in [-0.3, -0.25) is 9.59 Å². The van der Waals surface area contributed by atoms with E-state index in [1.807, 2.05) is 25.8 Å². The third-order valence-corrected chi connectivity index (χ3v) is 3.67. The number of rotatable bonds is 13. The fourth-order valence-electron chi connectivity index (χ4n) is 2.29. The van der Waals surface area contributed by atoms with Gasteiger partial charge in [-0.15, -0.1) is 0 Å². The number of carbonyl (C=O) groups is 2. The maximum atomic E-state index is 11.7. The van der Waals surface area contributed by atoms with Crippen molar-refractivity contribution in [1.29, 1.82) is 0 Å². The van der Waals surface area contributed by atoms with E-state index in [2.05, 4.69) is 5.32 Å². The van der Waals surface area contributed by atoms with Gasteiger partial charge in [0.25, 0.3) is 0 Å². The van der Waals surface area contributed by atoms with E-state index in [0.29, 0.717) is 19.4 Å². The number of amides is 2. The van der Waals surface area contributed by atoms with Gasteiger partial charge in [0.05, 0.1) is 0 Å². The maximum Gasteiger partial charge on any atom is 0.224 e. The highest BCUT2D eigenvalue weighted by atomic mass is 16.3. The Morgan fingerprint density at radius 3 is 2.18 bits per heavy atom. The lowest BCUT2D eigenvalue weighted by molar-refractivity contribution is -0.133. The molecule has 2 amide bonds. The SMILES string of the molecule is CC(C)C(=O)N(C)CCCCCCCCC(=O)NCCCO. The lowest BCUT2D eigenvalue weighted by Gasteiger charge is -2.19. The lowest BCUT2D eigenvalue weighted by atomic mass is 10.1. The highest BCUT2D eigenvalue weighted by molar-refractivity contribution is 5.77. The van der Waals surface area contributed by atoms with Gasteiger partial charge >= 0.3 is 0 Å². The van der Waals surface area contributed by atoms with Gasteiger partial charge in [0.2, 0.25) is 11.8 Å². The molecular formula is C17H34N2O3. The molecular weight excluding hydrogens is 280 g/mol. The van der Waals surface area contributed by atoms with Gasteiger partial charge in [-0.1, -0.05) is 39.5 Å². The first-order valence-electron chi connectivity index (χ1n) is 8.61. The van der Waals surface area contributed by atoms with Crippen LogP contribution in [0.25, 0.3) is 0 Å². The van der Waals surface area contributed by atoms with Crippen molar-refractivity contribution >= 4 is 11.8 Å². The summed E-state index contributed by atoms with van der Waals surface area (Å²) in [6, 6.07) is 0. The number of aliphatic hydroxyl groups is 1. The van der Waals surface area contributed by atoms with Crippen LogP contribution in [-0.2, 0) is 9.59 Å². The molecule has 0 aromatic heterocycles. The minimum atomic E-state index is 0.0773. The minimum absolute atomic E-state index is 0.0773. The molecule has 0 unspecified atom stereocenters. The Morgan fingerprint density at radius 1 is 1.00 bits per heavy atom. The molecule has 5 heteroatoms. The minimum Gasteiger partial charge on any atom is -0.396 e. The number of unbranched alkanes of at least 4 members (excludes halogenated alkanes) is 5. The van der Waals surface area contributed by atoms with E-state index in [9.17, 15) is 9.59 Å². The predicted octanol–water partition coefficient (Wildman–Crippen LogP) is 2.33. The van der Waals surface area contributed by atoms with Gasteiger partial charge < -0.3 is 15.3 Å². The second kappa shape index (κ2) is 13.6. The summed E-state index contributed by atoms with van der Waals surface area (Å²) >= 11 is 0. The van der Waals surface area contributed by atoms with Crippen molar-refractivity contribution < 1.29 is 14.7 Å². The molecule has 0 aromatic carbocycles. The molecule has 0 atom stereocenters. The van der Waals surface area contributed by atoms with Gasteiger partial charge in [-0.2, -0.15) is 0 Å². The predicted molar refractivity (Wildman–Crippen MR) is 89.5 cm³/mol. The van der Waals surface area contributed by atoms with E-state index in [-0.39, 0.29) is 24.3 Å². The summed E-state index contributed by atoms with van der Waals surface area (Å²) in [5.41, 5.74) is 0. The van der Waals surface area contributed by atoms with Crippen molar-refractivity contribution in [2.24, 2.45) is 5.92 Å². The molecule has 0 saturated heterocycles. The number of aliphatic hydroxyl groups excluding tert-OH is 1. The molecule has 0 rings (SSSR count). The average molecular weight is 314 g/mol. The third kappa shape index (κ3) is 11.5. The summed E-state index contributed by atoms with van der Waals surface area (Å²) in [4.78, 5) is 24.9. The summed E-state index contributed by atoms with van der Waals surface area (Å²) in [7, 11) is 1.87. The van der Waals surface area contributed by atoms with Gasteiger partial charge in [0, 0.05) is 39.1 Å². The quantitative estimate of drug-likeness (QED) is 0.513. The average Bonchev–Trinajstić information content (AvgIpc) is 2.49. The summed E-state index contributed by atoms with van der Waals surface area (Å²) in [5, 5.41) is 11.4. The molecule has 0 aliphatic carbocycles. The van der Waals surface area contributed by atoms with E-state index in [0.717, 1.165) is 45.1 Å². The van der Waals surface area contributed by atoms with Crippen LogP contribution in [0.3, 0.4) is 0 Å². The first kappa shape index (κ1) is 20.9. The normalized spacial score (nSPS) is 10.8. The van der Waals surface area contributed by atoms with E-state index in [1.54, 1.807) is 0 Å². The molecule has 0 bridgehead atoms. The number of nitrogens with zero attached hydrogens (tertiary/aromatic N) is 1. The van der Waals surface area contributed by atoms with E-state index in [4.69, 9.17) is 5.11 Å². The Hall–Kier alpha value is -1.10. The van der Waals surface area contributed by atoms with E-state index < -0.39 is 0 Å². The first-order chi connectivity index (χ1) is 10.5. The monoisotopic (exact) mass is 314 g/mol. The van der Waals surface area contributed by atoms with Gasteiger partial charge in [0.15, 0.2) is 0 Å². The van der Waals surface area contributed by atoms with Crippen LogP contribution in [0.4, 0.5) is 0 Å². The lowest BCUT2D eigenvalue weighted by Crippen LogP contribution is -2.31. The van der Waals surface area contributed by atoms with Crippen LogP contribution in [0.1, 0.15) is 65.2 Å². The van der Waals surface area contributed by atoms with Gasteiger partial charge in [-0.25, -0.2) is 0 Å². The Morgan fingerprint density at radius 2 is 1.59 bits per heavy atom. The Kier molecular flexibility index (Phi) is 12.9. The number of hydrogen-bond donors (Lipinski definition) is 2. The highest BCUT2D eigenvalue weighted by Gasteiger charge is 2.11. The van der Waals surface area contributed by atoms with Crippen LogP contribution in [0.5, 0.6) is 0 Å². The summed E-state index contributed by atoms with van der Waals surface area (Å²) in [6.45, 7) is 5.39. The number of hydrogen-bond acceptors (Lipinski definition) is 3. The Balaban J connectivity index is 3.37. The molecule has 0 aromatic rings. The van der Waals surface area contributed by atoms with Crippen LogP contribution in [-0.4, -0.2) is 48.6 Å². The van der Waals surface area contributed by atoms with E-state index in [1.165, 1.54) is 0 Å². The smallest absolute Gasteiger partial charge is 0.224 e. The van der Waals surface area contributed by atoms with E-state index >= 15 is 0 Å². The van der Waals surface area contributed by atoms with Crippen LogP contribution >= 0.6 is 0 Å². The first-order valence-corrected chi connectivity index (χ1v) is 8.61. The zero-order chi connectivity index (χ0) is 16.8. The van der Waals surface area contributed by atoms with Crippen molar-refractivity contribution in [3.63, 3.8) is 0 Å². The van der Waals surface area contributed by atoms with Crippen LogP contribution in [0.15, 0.2) is 0 Å². The summed E-state index contributed by atoms with van der Waals surface area (Å²) < 4.78 is 0. The molecule has 0 radical (unpaired) electrons. The molecule has 0 heterocycles. The van der Waals surface area contributed by atoms with Crippen molar-refractivity contribution in [2.75, 3.05) is 26.7 Å². The number of carbonyl (C=O) groups excluding carboxylic acids is 2. The maximum absolute atomic E-state index is 11.7. The molecule has 2 N–H and O–H groups in total. The highest BCUT2D eigenvalue weighted by Crippen LogP contribution is 2.08. The molecule has 5 nitrogen and oxygen atoms in total. The Labute approximate surface area is 135 Å². The standard InChI is InChI=1S/C17H34N2O3/c1-15(2)17(22)19(3)13-9-7-5-4-6-8-11-16(21)18-12-10-14-20/h15,20H,4-14H2,1-3H3,(H,18,21). The molecule has 0 aliphatic heterocycles. The van der Waals surface area contributed by atoms with Gasteiger partial charge in [0.1, 0.15) is 0 Å². The molecule has 130 valence electrons. The second-order valence-corrected chi connectivity index (χ2v) is 6.21.